The third kappa shape index (κ3) is 30.7. The summed E-state index contributed by atoms with van der Waals surface area (Å²) in [6, 6.07) is 11.9. The van der Waals surface area contributed by atoms with Crippen LogP contribution in [0.2, 0.25) is 0 Å². The Balaban J connectivity index is 1.15. The molecule has 0 bridgehead atoms. The number of benzene rings is 2. The number of hydrogen-bond acceptors (Lipinski definition) is 44. The molecule has 0 spiro atoms. The van der Waals surface area contributed by atoms with Crippen LogP contribution in [-0.4, -0.2) is 318 Å². The van der Waals surface area contributed by atoms with Gasteiger partial charge in [0.25, 0.3) is 0 Å². The zero-order chi connectivity index (χ0) is 97.2. The molecular formula is C85H110N2O45. The van der Waals surface area contributed by atoms with E-state index in [0.717, 1.165) is 133 Å². The summed E-state index contributed by atoms with van der Waals surface area (Å²) in [5, 5.41) is 15.1. The van der Waals surface area contributed by atoms with E-state index in [2.05, 4.69) is 10.6 Å². The number of ether oxygens (including phenoxy) is 26. The van der Waals surface area contributed by atoms with E-state index in [9.17, 15) is 91.4 Å². The highest BCUT2D eigenvalue weighted by Crippen LogP contribution is 2.46. The van der Waals surface area contributed by atoms with Gasteiger partial charge in [0.1, 0.15) is 107 Å². The average molecular weight is 1880 g/mol. The SMILES string of the molecule is CC(=O)NC1C(OC2C(OC(C)=O)C(COC(C)=O)OC(OC3C(COC(C)=O)OC(OC4C(COC(C)=O)OC(OCCCCCC[C@H](NC(=O)OCC5c6ccccc6-c6ccccc65)C(=O)O)C(OC(C)=O)C4OC(C)=O)C(OC(C)=O)C3OC(C)=O)C2OC(C)=O)OC(COC(C)=O)C(OC(C)=O)C1OC1OC(COC(C)=O)C(OC(C)=O)C(OC(C)=O)C1OC(C)=O. The Morgan fingerprint density at radius 1 is 0.303 bits per heavy atom. The van der Waals surface area contributed by atoms with Crippen molar-refractivity contribution in [2.75, 3.05) is 46.2 Å². The Hall–Kier alpha value is -11.7. The summed E-state index contributed by atoms with van der Waals surface area (Å²) in [5.41, 5.74) is 3.88. The fourth-order valence-corrected chi connectivity index (χ4v) is 15.6. The second-order valence-corrected chi connectivity index (χ2v) is 31.0. The van der Waals surface area contributed by atoms with Crippen LogP contribution >= 0.6 is 0 Å². The molecule has 8 rings (SSSR count). The molecule has 3 N–H and O–H groups in total. The van der Waals surface area contributed by atoms with Crippen LogP contribution in [0.1, 0.15) is 160 Å². The number of aliphatic carboxylic acids is 1. The molecule has 5 saturated heterocycles. The van der Waals surface area contributed by atoms with Crippen LogP contribution in [0, 0.1) is 0 Å². The lowest BCUT2D eigenvalue weighted by atomic mass is 9.93. The second-order valence-electron chi connectivity index (χ2n) is 31.0. The third-order valence-corrected chi connectivity index (χ3v) is 20.4. The van der Waals surface area contributed by atoms with Gasteiger partial charge in [-0.3, -0.25) is 76.7 Å². The minimum absolute atomic E-state index is 0.0259. The number of unbranched alkanes of at least 4 members (excludes halogenated alkanes) is 3. The van der Waals surface area contributed by atoms with Gasteiger partial charge in [-0.05, 0) is 35.1 Å². The lowest BCUT2D eigenvalue weighted by molar-refractivity contribution is -0.389. The number of carboxylic acids is 1. The summed E-state index contributed by atoms with van der Waals surface area (Å²) in [6.07, 6.45) is -49.4. The van der Waals surface area contributed by atoms with Gasteiger partial charge in [0.05, 0.1) is 0 Å². The first kappa shape index (κ1) is 106. The maximum Gasteiger partial charge on any atom is 0.407 e. The minimum Gasteiger partial charge on any atom is -0.480 e. The lowest BCUT2D eigenvalue weighted by Gasteiger charge is -2.52. The minimum atomic E-state index is -2.42. The number of rotatable bonds is 41. The molecule has 47 nitrogen and oxygen atoms in total. The smallest absolute Gasteiger partial charge is 0.407 e. The van der Waals surface area contributed by atoms with Gasteiger partial charge in [0.2, 0.25) is 5.91 Å². The Morgan fingerprint density at radius 3 is 0.955 bits per heavy atom. The molecule has 0 saturated carbocycles. The van der Waals surface area contributed by atoms with Gasteiger partial charge in [-0.15, -0.1) is 0 Å². The predicted octanol–water partition coefficient (Wildman–Crippen LogP) is 1.75. The monoisotopic (exact) mass is 1880 g/mol. The molecule has 0 aromatic heterocycles. The number of fused-ring (bicyclic) bond motifs is 3. The van der Waals surface area contributed by atoms with E-state index in [0.29, 0.717) is 12.8 Å². The molecule has 25 unspecified atom stereocenters. The summed E-state index contributed by atoms with van der Waals surface area (Å²) in [7, 11) is 0. The van der Waals surface area contributed by atoms with E-state index < -0.39 is 300 Å². The van der Waals surface area contributed by atoms with Gasteiger partial charge in [0, 0.05) is 123 Å². The van der Waals surface area contributed by atoms with Crippen LogP contribution in [-0.2, 0) is 205 Å². The van der Waals surface area contributed by atoms with Gasteiger partial charge in [-0.25, -0.2) is 9.59 Å². The van der Waals surface area contributed by atoms with Crippen molar-refractivity contribution in [1.29, 1.82) is 0 Å². The zero-order valence-electron chi connectivity index (χ0n) is 75.1. The van der Waals surface area contributed by atoms with Crippen molar-refractivity contribution in [1.82, 2.24) is 10.6 Å². The van der Waals surface area contributed by atoms with Crippen molar-refractivity contribution in [2.24, 2.45) is 0 Å². The number of nitrogens with one attached hydrogen (secondary N) is 2. The Bertz CT molecular complexity index is 4400. The molecule has 2 amide bonds. The standard InChI is InChI=1S/C85H110N2O45/c1-37(88)86-64-70(131-84-76(121-50(14)101)71(117-46(10)97)66(115-44(8)95)60(127-84)33-109-39(3)90)65(114-43(7)94)59(32-108-38(2)89)124-80(64)132-74-67(116-45(9)96)61(34-110-40(4)91)126-83(78(74)123-52(16)103)130-69-63(36-112-42(6)93)128-82(77(122-51(15)102)73(69)119-48(12)99)129-68-62(35-111-41(5)92)125-81(75(120-49(13)100)72(68)118-47(11)98)107-30-24-18-17-19-29-58(79(104)105)87-85(106)113-31-57-55-27-22-20-25-53(55)54-26-21-23-28-56(54)57/h20-23,25-28,57-78,80-84H,17-19,24,29-36H2,1-16H3,(H,86,88)(H,87,106)(H,104,105)/t58-,59?,60?,61?,62?,63?,64?,65?,66?,67?,68?,69?,70?,71?,72?,73?,74?,75?,76?,77?,78?,80?,81?,82?,83?,84?/m0/s1. The number of hydrogen-bond donors (Lipinski definition) is 3. The van der Waals surface area contributed by atoms with Gasteiger partial charge in [0.15, 0.2) is 92.5 Å². The van der Waals surface area contributed by atoms with Gasteiger partial charge >= 0.3 is 102 Å². The number of alkyl carbamates (subject to hydrolysis) is 1. The van der Waals surface area contributed by atoms with E-state index in [1.54, 1.807) is 0 Å². The molecule has 47 heteroatoms. The van der Waals surface area contributed by atoms with E-state index in [1.165, 1.54) is 0 Å². The largest absolute Gasteiger partial charge is 0.480 e. The highest BCUT2D eigenvalue weighted by atomic mass is 16.8. The third-order valence-electron chi connectivity index (χ3n) is 20.4. The average Bonchev–Trinajstić information content (AvgIpc) is 1.43. The van der Waals surface area contributed by atoms with E-state index in [1.807, 2.05) is 48.5 Å². The first-order valence-corrected chi connectivity index (χ1v) is 41.9. The van der Waals surface area contributed by atoms with Crippen LogP contribution in [0.4, 0.5) is 4.79 Å². The number of carboxylic acid groups (broad SMARTS) is 1. The topological polar surface area (TPSA) is 592 Å². The fraction of sp³-hybridized carbons (Fsp3) is 0.647. The van der Waals surface area contributed by atoms with Crippen molar-refractivity contribution >= 4 is 108 Å². The highest BCUT2D eigenvalue weighted by molar-refractivity contribution is 5.82. The molecule has 5 fully saturated rings. The quantitative estimate of drug-likeness (QED) is 0.0485. The predicted molar refractivity (Wildman–Crippen MR) is 428 cm³/mol. The molecule has 5 aliphatic heterocycles. The van der Waals surface area contributed by atoms with E-state index >= 15 is 0 Å². The second kappa shape index (κ2) is 49.7. The zero-order valence-corrected chi connectivity index (χ0v) is 75.1. The molecule has 0 radical (unpaired) electrons. The molecule has 5 heterocycles. The van der Waals surface area contributed by atoms with Crippen molar-refractivity contribution in [3.63, 3.8) is 0 Å². The number of carbonyl (C=O) groups is 18. The summed E-state index contributed by atoms with van der Waals surface area (Å²) in [4.78, 5) is 238. The van der Waals surface area contributed by atoms with Crippen molar-refractivity contribution in [3.8, 4) is 11.1 Å². The summed E-state index contributed by atoms with van der Waals surface area (Å²) in [6.45, 7) is 9.78. The normalized spacial score (nSPS) is 29.0. The lowest BCUT2D eigenvalue weighted by Crippen LogP contribution is -2.71. The molecule has 1 aliphatic carbocycles. The molecular weight excluding hydrogens is 1770 g/mol. The number of esters is 15. The molecule has 132 heavy (non-hydrogen) atoms. The van der Waals surface area contributed by atoms with E-state index in [-0.39, 0.29) is 38.4 Å². The Labute approximate surface area is 755 Å². The van der Waals surface area contributed by atoms with Crippen LogP contribution < -0.4 is 10.6 Å². The molecule has 2 aromatic carbocycles. The molecule has 6 aliphatic rings. The highest BCUT2D eigenvalue weighted by Gasteiger charge is 2.63. The van der Waals surface area contributed by atoms with Gasteiger partial charge < -0.3 is 139 Å². The fourth-order valence-electron chi connectivity index (χ4n) is 15.6. The van der Waals surface area contributed by atoms with Crippen molar-refractivity contribution in [2.45, 2.75) is 308 Å². The first-order valence-electron chi connectivity index (χ1n) is 41.9. The Kier molecular flexibility index (Phi) is 39.8. The maximum atomic E-state index is 14.0. The molecule has 2 aromatic rings. The van der Waals surface area contributed by atoms with Crippen LogP contribution in [0.15, 0.2) is 48.5 Å². The van der Waals surface area contributed by atoms with Crippen LogP contribution in [0.3, 0.4) is 0 Å². The van der Waals surface area contributed by atoms with Gasteiger partial charge in [-0.2, -0.15) is 0 Å². The number of carbonyl (C=O) groups excluding carboxylic acids is 17. The Morgan fingerprint density at radius 2 is 0.591 bits per heavy atom. The maximum absolute atomic E-state index is 14.0. The van der Waals surface area contributed by atoms with Crippen LogP contribution in [0.5, 0.6) is 0 Å². The summed E-state index contributed by atoms with van der Waals surface area (Å²) >= 11 is 0. The van der Waals surface area contributed by atoms with Crippen LogP contribution in [0.25, 0.3) is 11.1 Å². The van der Waals surface area contributed by atoms with Crippen molar-refractivity contribution < 1.29 is 215 Å². The molecule has 730 valence electrons. The number of amides is 2. The van der Waals surface area contributed by atoms with Gasteiger partial charge in [-0.1, -0.05) is 67.8 Å². The summed E-state index contributed by atoms with van der Waals surface area (Å²) in [5.74, 6) is -19.1. The van der Waals surface area contributed by atoms with Crippen molar-refractivity contribution in [3.05, 3.63) is 59.7 Å². The summed E-state index contributed by atoms with van der Waals surface area (Å²) < 4.78 is 156. The van der Waals surface area contributed by atoms with E-state index in [4.69, 9.17) is 123 Å². The first-order chi connectivity index (χ1) is 62.4. The molecule has 26 atom stereocenters.